The predicted octanol–water partition coefficient (Wildman–Crippen LogP) is 3.88. The Morgan fingerprint density at radius 2 is 1.96 bits per heavy atom. The van der Waals surface area contributed by atoms with Crippen LogP contribution in [0, 0.1) is 0 Å². The number of amides is 1. The number of nitrogens with zero attached hydrogens (tertiary/aromatic N) is 1. The first-order valence-electron chi connectivity index (χ1n) is 7.34. The van der Waals surface area contributed by atoms with E-state index in [-0.39, 0.29) is 23.5 Å². The first kappa shape index (κ1) is 17.7. The molecule has 128 valence electrons. The van der Waals surface area contributed by atoms with Gasteiger partial charge in [-0.15, -0.1) is 11.3 Å². The molecule has 0 bridgehead atoms. The van der Waals surface area contributed by atoms with Crippen molar-refractivity contribution in [2.24, 2.45) is 0 Å². The lowest BCUT2D eigenvalue weighted by Gasteiger charge is -2.28. The lowest BCUT2D eigenvalue weighted by Crippen LogP contribution is -2.40. The van der Waals surface area contributed by atoms with Crippen molar-refractivity contribution in [3.8, 4) is 0 Å². The van der Waals surface area contributed by atoms with Gasteiger partial charge >= 0.3 is 0 Å². The van der Waals surface area contributed by atoms with E-state index >= 15 is 0 Å². The minimum Gasteiger partial charge on any atom is -0.329 e. The molecule has 3 rings (SSSR count). The second-order valence-electron chi connectivity index (χ2n) is 5.73. The van der Waals surface area contributed by atoms with Crippen molar-refractivity contribution in [3.63, 3.8) is 0 Å². The highest BCUT2D eigenvalue weighted by Gasteiger charge is 2.35. The van der Waals surface area contributed by atoms with Crippen molar-refractivity contribution in [1.82, 2.24) is 4.90 Å². The Kier molecular flexibility index (Phi) is 5.20. The Balaban J connectivity index is 1.92. The maximum absolute atomic E-state index is 13.0. The molecule has 1 aromatic carbocycles. The highest BCUT2D eigenvalue weighted by Crippen LogP contribution is 2.26. The highest BCUT2D eigenvalue weighted by atomic mass is 35.5. The van der Waals surface area contributed by atoms with Gasteiger partial charge in [0.25, 0.3) is 5.91 Å². The van der Waals surface area contributed by atoms with Gasteiger partial charge < -0.3 is 4.90 Å². The second kappa shape index (κ2) is 7.04. The highest BCUT2D eigenvalue weighted by molar-refractivity contribution is 7.91. The normalized spacial score (nSPS) is 19.3. The molecule has 1 aliphatic rings. The lowest BCUT2D eigenvalue weighted by molar-refractivity contribution is 0.0683. The summed E-state index contributed by atoms with van der Waals surface area (Å²) in [7, 11) is -3.09. The monoisotopic (exact) mass is 403 g/mol. The van der Waals surface area contributed by atoms with Gasteiger partial charge in [0.15, 0.2) is 9.84 Å². The molecular formula is C16H15Cl2NO3S2. The molecule has 1 amide bonds. The van der Waals surface area contributed by atoms with Crippen molar-refractivity contribution >= 4 is 50.3 Å². The van der Waals surface area contributed by atoms with Gasteiger partial charge in [-0.05, 0) is 36.1 Å². The van der Waals surface area contributed by atoms with Gasteiger partial charge in [-0.2, -0.15) is 0 Å². The number of thiophene rings is 1. The fourth-order valence-electron chi connectivity index (χ4n) is 2.80. The number of sulfone groups is 1. The first-order chi connectivity index (χ1) is 11.3. The van der Waals surface area contributed by atoms with E-state index in [1.165, 1.54) is 11.3 Å². The van der Waals surface area contributed by atoms with Crippen LogP contribution in [0.3, 0.4) is 0 Å². The molecule has 2 aromatic rings. The van der Waals surface area contributed by atoms with E-state index in [1.807, 2.05) is 17.5 Å². The maximum atomic E-state index is 13.0. The quantitative estimate of drug-likeness (QED) is 0.777. The summed E-state index contributed by atoms with van der Waals surface area (Å²) in [6.45, 7) is 0.376. The van der Waals surface area contributed by atoms with Crippen molar-refractivity contribution < 1.29 is 13.2 Å². The molecule has 0 spiro atoms. The van der Waals surface area contributed by atoms with Gasteiger partial charge in [0.1, 0.15) is 0 Å². The Labute approximate surface area is 154 Å². The van der Waals surface area contributed by atoms with Crippen LogP contribution in [0.2, 0.25) is 10.0 Å². The van der Waals surface area contributed by atoms with Crippen molar-refractivity contribution in [2.45, 2.75) is 19.0 Å². The summed E-state index contributed by atoms with van der Waals surface area (Å²) < 4.78 is 23.7. The lowest BCUT2D eigenvalue weighted by atomic mass is 10.1. The number of halogens is 2. The first-order valence-corrected chi connectivity index (χ1v) is 10.8. The number of benzene rings is 1. The SMILES string of the molecule is O=C(c1cc(Cl)cc(Cl)c1)N(Cc1cccs1)[C@@H]1CCS(=O)(=O)C1. The van der Waals surface area contributed by atoms with Crippen LogP contribution < -0.4 is 0 Å². The molecule has 0 unspecified atom stereocenters. The average molecular weight is 404 g/mol. The summed E-state index contributed by atoms with van der Waals surface area (Å²) >= 11 is 13.5. The Hall–Kier alpha value is -1.08. The molecule has 1 aliphatic heterocycles. The zero-order valence-corrected chi connectivity index (χ0v) is 15.8. The van der Waals surface area contributed by atoms with Crippen molar-refractivity contribution in [3.05, 3.63) is 56.2 Å². The average Bonchev–Trinajstić information content (AvgIpc) is 3.12. The number of hydrogen-bond donors (Lipinski definition) is 0. The molecule has 24 heavy (non-hydrogen) atoms. The maximum Gasteiger partial charge on any atom is 0.254 e. The van der Waals surface area contributed by atoms with E-state index in [2.05, 4.69) is 0 Å². The van der Waals surface area contributed by atoms with Gasteiger partial charge in [0, 0.05) is 26.5 Å². The smallest absolute Gasteiger partial charge is 0.254 e. The minimum atomic E-state index is -3.09. The molecule has 1 atom stereocenters. The van der Waals surface area contributed by atoms with Gasteiger partial charge in [-0.1, -0.05) is 29.3 Å². The van der Waals surface area contributed by atoms with E-state index in [9.17, 15) is 13.2 Å². The third-order valence-corrected chi connectivity index (χ3v) is 6.97. The fraction of sp³-hybridized carbons (Fsp3) is 0.312. The molecule has 4 nitrogen and oxygen atoms in total. The van der Waals surface area contributed by atoms with E-state index in [0.717, 1.165) is 4.88 Å². The summed E-state index contributed by atoms with van der Waals surface area (Å²) in [4.78, 5) is 15.6. The predicted molar refractivity (Wildman–Crippen MR) is 97.7 cm³/mol. The van der Waals surface area contributed by atoms with Crippen LogP contribution >= 0.6 is 34.5 Å². The van der Waals surface area contributed by atoms with Crippen LogP contribution in [-0.2, 0) is 16.4 Å². The van der Waals surface area contributed by atoms with Crippen LogP contribution in [0.4, 0.5) is 0 Å². The van der Waals surface area contributed by atoms with E-state index < -0.39 is 9.84 Å². The minimum absolute atomic E-state index is 0.00157. The zero-order valence-electron chi connectivity index (χ0n) is 12.6. The molecule has 8 heteroatoms. The fourth-order valence-corrected chi connectivity index (χ4v) is 5.76. The summed E-state index contributed by atoms with van der Waals surface area (Å²) in [5, 5.41) is 2.68. The number of rotatable bonds is 4. The summed E-state index contributed by atoms with van der Waals surface area (Å²) in [6, 6.07) is 8.18. The molecule has 1 saturated heterocycles. The van der Waals surface area contributed by atoms with Crippen LogP contribution in [0.15, 0.2) is 35.7 Å². The Morgan fingerprint density at radius 3 is 2.50 bits per heavy atom. The Morgan fingerprint density at radius 1 is 1.25 bits per heavy atom. The largest absolute Gasteiger partial charge is 0.329 e. The molecule has 1 aromatic heterocycles. The van der Waals surface area contributed by atoms with Crippen LogP contribution in [0.5, 0.6) is 0 Å². The molecule has 2 heterocycles. The van der Waals surface area contributed by atoms with E-state index in [0.29, 0.717) is 28.6 Å². The molecule has 0 saturated carbocycles. The number of carbonyl (C=O) groups excluding carboxylic acids is 1. The van der Waals surface area contributed by atoms with Crippen molar-refractivity contribution in [1.29, 1.82) is 0 Å². The van der Waals surface area contributed by atoms with Crippen LogP contribution in [-0.4, -0.2) is 36.8 Å². The Bertz CT molecular complexity index is 830. The summed E-state index contributed by atoms with van der Waals surface area (Å²) in [6.07, 6.45) is 0.452. The zero-order chi connectivity index (χ0) is 17.3. The topological polar surface area (TPSA) is 54.5 Å². The molecule has 0 radical (unpaired) electrons. The van der Waals surface area contributed by atoms with Gasteiger partial charge in [-0.25, -0.2) is 8.42 Å². The van der Waals surface area contributed by atoms with Crippen molar-refractivity contribution in [2.75, 3.05) is 11.5 Å². The number of hydrogen-bond acceptors (Lipinski definition) is 4. The van der Waals surface area contributed by atoms with Gasteiger partial charge in [0.05, 0.1) is 18.1 Å². The van der Waals surface area contributed by atoms with Gasteiger partial charge in [-0.3, -0.25) is 4.79 Å². The molecular weight excluding hydrogens is 389 g/mol. The second-order valence-corrected chi connectivity index (χ2v) is 9.86. The van der Waals surface area contributed by atoms with E-state index in [1.54, 1.807) is 23.1 Å². The number of carbonyl (C=O) groups is 1. The third kappa shape index (κ3) is 4.11. The standard InChI is InChI=1S/C16H15Cl2NO3S2/c17-12-6-11(7-13(18)8-12)16(20)19(9-15-2-1-4-23-15)14-3-5-24(21,22)10-14/h1-2,4,6-8,14H,3,5,9-10H2/t14-/m1/s1. The summed E-state index contributed by atoms with van der Waals surface area (Å²) in [5.41, 5.74) is 0.369. The van der Waals surface area contributed by atoms with E-state index in [4.69, 9.17) is 23.2 Å². The van der Waals surface area contributed by atoms with Crippen LogP contribution in [0.25, 0.3) is 0 Å². The third-order valence-electron chi connectivity index (χ3n) is 3.93. The molecule has 0 aliphatic carbocycles. The molecule has 1 fully saturated rings. The van der Waals surface area contributed by atoms with Gasteiger partial charge in [0.2, 0.25) is 0 Å². The molecule has 0 N–H and O–H groups in total. The summed E-state index contributed by atoms with van der Waals surface area (Å²) in [5.74, 6) is -0.143. The van der Waals surface area contributed by atoms with Crippen LogP contribution in [0.1, 0.15) is 21.7 Å².